The first-order valence-electron chi connectivity index (χ1n) is 8.09. The summed E-state index contributed by atoms with van der Waals surface area (Å²) in [5, 5.41) is 3.19. The molecule has 26 heavy (non-hydrogen) atoms. The lowest BCUT2D eigenvalue weighted by atomic mass is 9.90. The first-order chi connectivity index (χ1) is 12.4. The quantitative estimate of drug-likeness (QED) is 0.788. The second kappa shape index (κ2) is 7.37. The van der Waals surface area contributed by atoms with Gasteiger partial charge in [-0.25, -0.2) is 4.39 Å². The Balaban J connectivity index is 2.10. The van der Waals surface area contributed by atoms with Crippen molar-refractivity contribution in [2.24, 2.45) is 0 Å². The van der Waals surface area contributed by atoms with Crippen LogP contribution in [0.15, 0.2) is 48.0 Å². The number of nitrogens with one attached hydrogen (secondary N) is 1. The van der Waals surface area contributed by atoms with Crippen molar-refractivity contribution in [3.63, 3.8) is 0 Å². The number of hydrogen-bond donors (Lipinski definition) is 1. The van der Waals surface area contributed by atoms with Gasteiger partial charge in [0.25, 0.3) is 0 Å². The van der Waals surface area contributed by atoms with Gasteiger partial charge in [0.05, 0.1) is 0 Å². The van der Waals surface area contributed by atoms with Gasteiger partial charge in [-0.15, -0.1) is 13.2 Å². The highest BCUT2D eigenvalue weighted by Gasteiger charge is 2.32. The van der Waals surface area contributed by atoms with Crippen molar-refractivity contribution < 1.29 is 27.0 Å². The van der Waals surface area contributed by atoms with Gasteiger partial charge < -0.3 is 14.8 Å². The Kier molecular flexibility index (Phi) is 5.18. The molecule has 3 nitrogen and oxygen atoms in total. The molecule has 0 amide bonds. The number of ether oxygens (including phenoxy) is 2. The topological polar surface area (TPSA) is 30.5 Å². The highest BCUT2D eigenvalue weighted by molar-refractivity contribution is 5.87. The Hall–Kier alpha value is -2.54. The van der Waals surface area contributed by atoms with Crippen LogP contribution in [0.25, 0.3) is 5.57 Å². The number of fused-ring (bicyclic) bond motifs is 1. The van der Waals surface area contributed by atoms with Crippen LogP contribution in [0.5, 0.6) is 11.5 Å². The summed E-state index contributed by atoms with van der Waals surface area (Å²) in [6.45, 7) is 3.48. The molecule has 0 saturated heterocycles. The third-order valence-electron chi connectivity index (χ3n) is 3.93. The number of likely N-dealkylation sites (N-methyl/N-ethyl adjacent to an activating group) is 1. The molecule has 0 atom stereocenters. The Bertz CT molecular complexity index is 813. The van der Waals surface area contributed by atoms with Crippen molar-refractivity contribution in [2.45, 2.75) is 13.3 Å². The van der Waals surface area contributed by atoms with E-state index in [4.69, 9.17) is 4.74 Å². The van der Waals surface area contributed by atoms with Gasteiger partial charge in [-0.3, -0.25) is 0 Å². The third kappa shape index (κ3) is 4.16. The maximum Gasteiger partial charge on any atom is 0.573 e. The summed E-state index contributed by atoms with van der Waals surface area (Å²) in [7, 11) is 0. The largest absolute Gasteiger partial charge is 0.573 e. The van der Waals surface area contributed by atoms with E-state index in [1.807, 2.05) is 6.92 Å². The predicted molar refractivity (Wildman–Crippen MR) is 89.6 cm³/mol. The smallest absolute Gasteiger partial charge is 0.489 e. The molecule has 1 aliphatic rings. The highest BCUT2D eigenvalue weighted by atomic mass is 19.4. The summed E-state index contributed by atoms with van der Waals surface area (Å²) < 4.78 is 60.7. The number of benzene rings is 2. The van der Waals surface area contributed by atoms with Gasteiger partial charge in [-0.2, -0.15) is 0 Å². The van der Waals surface area contributed by atoms with Gasteiger partial charge in [-0.05, 0) is 53.6 Å². The summed E-state index contributed by atoms with van der Waals surface area (Å²) in [6, 6.07) is 9.79. The zero-order valence-electron chi connectivity index (χ0n) is 14.0. The molecule has 1 heterocycles. The zero-order valence-corrected chi connectivity index (χ0v) is 14.0. The summed E-state index contributed by atoms with van der Waals surface area (Å²) in [5.41, 5.74) is 2.78. The summed E-state index contributed by atoms with van der Waals surface area (Å²) in [5.74, 6) is -0.257. The highest BCUT2D eigenvalue weighted by Crippen LogP contribution is 2.40. The molecule has 0 spiro atoms. The minimum absolute atomic E-state index is 0.298. The van der Waals surface area contributed by atoms with E-state index in [9.17, 15) is 17.6 Å². The molecule has 0 fully saturated rings. The fourth-order valence-corrected chi connectivity index (χ4v) is 2.85. The van der Waals surface area contributed by atoms with E-state index in [-0.39, 0.29) is 11.6 Å². The van der Waals surface area contributed by atoms with Crippen molar-refractivity contribution in [3.8, 4) is 11.5 Å². The van der Waals surface area contributed by atoms with Gasteiger partial charge in [0, 0.05) is 12.1 Å². The van der Waals surface area contributed by atoms with E-state index in [0.717, 1.165) is 17.7 Å². The van der Waals surface area contributed by atoms with Crippen molar-refractivity contribution >= 4 is 5.57 Å². The number of hydrogen-bond acceptors (Lipinski definition) is 3. The van der Waals surface area contributed by atoms with Crippen molar-refractivity contribution in [3.05, 3.63) is 65.0 Å². The molecule has 0 aliphatic carbocycles. The van der Waals surface area contributed by atoms with Gasteiger partial charge >= 0.3 is 6.36 Å². The summed E-state index contributed by atoms with van der Waals surface area (Å²) in [4.78, 5) is 0. The average molecular weight is 367 g/mol. The first-order valence-corrected chi connectivity index (χ1v) is 8.09. The molecule has 7 heteroatoms. The molecule has 0 saturated carbocycles. The Morgan fingerprint density at radius 1 is 1.12 bits per heavy atom. The average Bonchev–Trinajstić information content (AvgIpc) is 2.59. The van der Waals surface area contributed by atoms with Crippen LogP contribution in [-0.4, -0.2) is 26.1 Å². The molecule has 0 unspecified atom stereocenters. The molecule has 3 rings (SSSR count). The molecular formula is C19H17F4NO2. The lowest BCUT2D eigenvalue weighted by Gasteiger charge is -2.25. The third-order valence-corrected chi connectivity index (χ3v) is 3.93. The standard InChI is InChI=1S/C19H17F4NO2/c1-2-24-10-13-11-25-17-8-7-15(26-19(21,22)23)9-16(17)18(13)12-3-5-14(20)6-4-12/h3-9,24H,2,10-11H2,1H3. The second-order valence-corrected chi connectivity index (χ2v) is 5.76. The summed E-state index contributed by atoms with van der Waals surface area (Å²) in [6.07, 6.45) is -4.78. The van der Waals surface area contributed by atoms with Crippen LogP contribution in [-0.2, 0) is 0 Å². The first kappa shape index (κ1) is 18.3. The van der Waals surface area contributed by atoms with Gasteiger partial charge in [0.2, 0.25) is 0 Å². The van der Waals surface area contributed by atoms with Crippen molar-refractivity contribution in [1.82, 2.24) is 5.32 Å². The minimum Gasteiger partial charge on any atom is -0.489 e. The van der Waals surface area contributed by atoms with Crippen LogP contribution in [0.2, 0.25) is 0 Å². The van der Waals surface area contributed by atoms with Crippen LogP contribution < -0.4 is 14.8 Å². The molecule has 1 aliphatic heterocycles. The Labute approximate surface area is 148 Å². The van der Waals surface area contributed by atoms with Crippen molar-refractivity contribution in [2.75, 3.05) is 19.7 Å². The normalized spacial score (nSPS) is 14.0. The van der Waals surface area contributed by atoms with Gasteiger partial charge in [-0.1, -0.05) is 19.1 Å². The maximum absolute atomic E-state index is 13.3. The maximum atomic E-state index is 13.3. The van der Waals surface area contributed by atoms with Gasteiger partial charge in [0.15, 0.2) is 0 Å². The van der Waals surface area contributed by atoms with E-state index in [1.165, 1.54) is 30.3 Å². The molecule has 0 aromatic heterocycles. The van der Waals surface area contributed by atoms with Crippen LogP contribution >= 0.6 is 0 Å². The number of halogens is 4. The molecule has 0 bridgehead atoms. The molecule has 1 N–H and O–H groups in total. The molecule has 138 valence electrons. The molecular weight excluding hydrogens is 350 g/mol. The zero-order chi connectivity index (χ0) is 18.7. The number of rotatable bonds is 5. The van der Waals surface area contributed by atoms with E-state index in [1.54, 1.807) is 12.1 Å². The number of alkyl halides is 3. The fraction of sp³-hybridized carbons (Fsp3) is 0.263. The predicted octanol–water partition coefficient (Wildman–Crippen LogP) is 4.53. The van der Waals surface area contributed by atoms with Crippen LogP contribution in [0, 0.1) is 5.82 Å². The van der Waals surface area contributed by atoms with E-state index in [0.29, 0.717) is 30.0 Å². The summed E-state index contributed by atoms with van der Waals surface area (Å²) >= 11 is 0. The van der Waals surface area contributed by atoms with Crippen molar-refractivity contribution in [1.29, 1.82) is 0 Å². The van der Waals surface area contributed by atoms with Crippen LogP contribution in [0.3, 0.4) is 0 Å². The monoisotopic (exact) mass is 367 g/mol. The SMILES string of the molecule is CCNCC1=C(c2ccc(F)cc2)c2cc(OC(F)(F)F)ccc2OC1. The van der Waals surface area contributed by atoms with E-state index < -0.39 is 6.36 Å². The molecule has 2 aromatic carbocycles. The lowest BCUT2D eigenvalue weighted by molar-refractivity contribution is -0.274. The van der Waals surface area contributed by atoms with Crippen LogP contribution in [0.1, 0.15) is 18.1 Å². The molecule has 0 radical (unpaired) electrons. The van der Waals surface area contributed by atoms with E-state index >= 15 is 0 Å². The Morgan fingerprint density at radius 2 is 1.85 bits per heavy atom. The lowest BCUT2D eigenvalue weighted by Crippen LogP contribution is -2.24. The minimum atomic E-state index is -4.78. The molecule has 2 aromatic rings. The van der Waals surface area contributed by atoms with Gasteiger partial charge in [0.1, 0.15) is 23.9 Å². The second-order valence-electron chi connectivity index (χ2n) is 5.76. The Morgan fingerprint density at radius 3 is 2.50 bits per heavy atom. The van der Waals surface area contributed by atoms with E-state index in [2.05, 4.69) is 10.1 Å². The van der Waals surface area contributed by atoms with Crippen LogP contribution in [0.4, 0.5) is 17.6 Å². The fourth-order valence-electron chi connectivity index (χ4n) is 2.85.